The second kappa shape index (κ2) is 12.3. The highest BCUT2D eigenvalue weighted by Crippen LogP contribution is 2.49. The molecule has 3 aliphatic rings. The van der Waals surface area contributed by atoms with Gasteiger partial charge in [0.25, 0.3) is 0 Å². The van der Waals surface area contributed by atoms with Gasteiger partial charge in [-0.3, -0.25) is 26.1 Å². The molecule has 0 radical (unpaired) electrons. The molecule has 1 aliphatic heterocycles. The van der Waals surface area contributed by atoms with Crippen molar-refractivity contribution in [3.63, 3.8) is 0 Å². The number of carbonyl (C=O) groups is 1. The van der Waals surface area contributed by atoms with E-state index in [0.717, 1.165) is 25.7 Å². The van der Waals surface area contributed by atoms with Gasteiger partial charge in [0.2, 0.25) is 5.91 Å². The summed E-state index contributed by atoms with van der Waals surface area (Å²) in [5.74, 6) is -0.580. The van der Waals surface area contributed by atoms with Gasteiger partial charge in [0.05, 0.1) is 30.8 Å². The first kappa shape index (κ1) is 27.6. The summed E-state index contributed by atoms with van der Waals surface area (Å²) in [4.78, 5) is 11.7. The van der Waals surface area contributed by atoms with Gasteiger partial charge >= 0.3 is 0 Å². The fourth-order valence-corrected chi connectivity index (χ4v) is 7.62. The lowest BCUT2D eigenvalue weighted by Gasteiger charge is -2.45. The van der Waals surface area contributed by atoms with Crippen molar-refractivity contribution in [2.24, 2.45) is 0 Å². The van der Waals surface area contributed by atoms with E-state index >= 15 is 0 Å². The van der Waals surface area contributed by atoms with Crippen LogP contribution in [0.1, 0.15) is 38.5 Å². The van der Waals surface area contributed by atoms with Crippen molar-refractivity contribution >= 4 is 36.3 Å². The van der Waals surface area contributed by atoms with Crippen molar-refractivity contribution in [3.8, 4) is 0 Å². The molecule has 192 valence electrons. The van der Waals surface area contributed by atoms with Crippen molar-refractivity contribution in [2.75, 3.05) is 32.9 Å². The zero-order valence-corrected chi connectivity index (χ0v) is 22.1. The summed E-state index contributed by atoms with van der Waals surface area (Å²) >= 11 is 12.2. The predicted octanol–water partition coefficient (Wildman–Crippen LogP) is 1.75. The monoisotopic (exact) mass is 529 g/mol. The number of amides is 1. The molecule has 5 N–H and O–H groups in total. The van der Waals surface area contributed by atoms with E-state index in [4.69, 9.17) is 27.9 Å². The number of hydrogen-bond donors (Lipinski definition) is 5. The van der Waals surface area contributed by atoms with Crippen LogP contribution >= 0.6 is 30.3 Å². The molecule has 2 saturated carbocycles. The molecule has 0 aromatic heterocycles. The minimum absolute atomic E-state index is 0.154. The van der Waals surface area contributed by atoms with Crippen molar-refractivity contribution in [1.29, 1.82) is 0 Å². The molecule has 3 rings (SSSR count). The average molecular weight is 530 g/mol. The van der Waals surface area contributed by atoms with Gasteiger partial charge in [0.15, 0.2) is 0 Å². The van der Waals surface area contributed by atoms with Crippen LogP contribution in [0.3, 0.4) is 0 Å². The maximum absolute atomic E-state index is 14.6. The Morgan fingerprint density at radius 3 is 2.55 bits per heavy atom. The summed E-state index contributed by atoms with van der Waals surface area (Å²) in [6, 6.07) is -0.653. The summed E-state index contributed by atoms with van der Waals surface area (Å²) in [6.07, 6.45) is 2.76. The summed E-state index contributed by atoms with van der Waals surface area (Å²) in [6.45, 7) is 4.32. The van der Waals surface area contributed by atoms with Crippen LogP contribution < -0.4 is 26.6 Å². The van der Waals surface area contributed by atoms with Crippen LogP contribution in [-0.2, 0) is 14.1 Å². The van der Waals surface area contributed by atoms with E-state index < -0.39 is 19.4 Å². The van der Waals surface area contributed by atoms with Crippen molar-refractivity contribution in [1.82, 2.24) is 26.6 Å². The highest BCUT2D eigenvalue weighted by molar-refractivity contribution is 7.63. The van der Waals surface area contributed by atoms with Gasteiger partial charge in [0, 0.05) is 37.8 Å². The van der Waals surface area contributed by atoms with Crippen molar-refractivity contribution < 1.29 is 18.5 Å². The quantitative estimate of drug-likeness (QED) is 0.241. The van der Waals surface area contributed by atoms with Crippen LogP contribution in [0.2, 0.25) is 0 Å². The first-order valence-corrected chi connectivity index (χ1v) is 15.5. The number of halogens is 3. The summed E-state index contributed by atoms with van der Waals surface area (Å²) in [7, 11) is -0.658. The van der Waals surface area contributed by atoms with Crippen molar-refractivity contribution in [3.05, 3.63) is 0 Å². The number of hydrogen-bond acceptors (Lipinski definition) is 7. The standard InChI is InChI=1S/C21H39Cl2FN5O3P/c1-32-17-8-13(24)15(26-19(30)10-22)9-16(17)28-21-25-11-12(23)20(29-21)27-14-6-4-5-7-18(14)33(2,3)31/h12-18,20-21,25,27-29H,4-11H2,1-3H3,(H,26,30). The van der Waals surface area contributed by atoms with Crippen LogP contribution in [-0.4, -0.2) is 92.7 Å². The van der Waals surface area contributed by atoms with Gasteiger partial charge in [-0.05, 0) is 32.6 Å². The molecule has 0 spiro atoms. The van der Waals surface area contributed by atoms with Crippen LogP contribution in [0.4, 0.5) is 4.39 Å². The lowest BCUT2D eigenvalue weighted by molar-refractivity contribution is -0.120. The van der Waals surface area contributed by atoms with Crippen molar-refractivity contribution in [2.45, 2.75) is 92.4 Å². The Hall–Kier alpha value is 0.01000. The van der Waals surface area contributed by atoms with E-state index in [0.29, 0.717) is 13.0 Å². The van der Waals surface area contributed by atoms with Gasteiger partial charge in [-0.2, -0.15) is 0 Å². The number of ether oxygens (including phenoxy) is 1. The molecule has 0 aromatic carbocycles. The largest absolute Gasteiger partial charge is 0.380 e. The Balaban J connectivity index is 1.62. The fourth-order valence-electron chi connectivity index (χ4n) is 5.40. The zero-order chi connectivity index (χ0) is 24.2. The van der Waals surface area contributed by atoms with E-state index in [1.165, 1.54) is 0 Å². The Morgan fingerprint density at radius 1 is 1.15 bits per heavy atom. The summed E-state index contributed by atoms with van der Waals surface area (Å²) in [5.41, 5.74) is 0.155. The van der Waals surface area contributed by atoms with Gasteiger partial charge in [0.1, 0.15) is 18.3 Å². The van der Waals surface area contributed by atoms with Crippen LogP contribution in [0.25, 0.3) is 0 Å². The van der Waals surface area contributed by atoms with Crippen LogP contribution in [0, 0.1) is 0 Å². The van der Waals surface area contributed by atoms with Gasteiger partial charge in [-0.15, -0.1) is 23.2 Å². The molecule has 12 heteroatoms. The van der Waals surface area contributed by atoms with E-state index in [1.807, 2.05) is 13.3 Å². The third-order valence-electron chi connectivity index (χ3n) is 7.15. The van der Waals surface area contributed by atoms with Crippen LogP contribution in [0.15, 0.2) is 0 Å². The highest BCUT2D eigenvalue weighted by atomic mass is 35.5. The van der Waals surface area contributed by atoms with Gasteiger partial charge < -0.3 is 14.6 Å². The number of carbonyl (C=O) groups excluding carboxylic acids is 1. The molecule has 33 heavy (non-hydrogen) atoms. The number of nitrogens with one attached hydrogen (secondary N) is 5. The zero-order valence-electron chi connectivity index (χ0n) is 19.7. The molecular weight excluding hydrogens is 491 g/mol. The number of methoxy groups -OCH3 is 1. The molecule has 2 aliphatic carbocycles. The molecule has 9 unspecified atom stereocenters. The number of alkyl halides is 3. The molecule has 9 atom stereocenters. The number of rotatable bonds is 8. The lowest BCUT2D eigenvalue weighted by Crippen LogP contribution is -2.72. The Bertz CT molecular complexity index is 705. The summed E-state index contributed by atoms with van der Waals surface area (Å²) < 4.78 is 33.0. The van der Waals surface area contributed by atoms with E-state index in [9.17, 15) is 13.8 Å². The lowest BCUT2D eigenvalue weighted by atomic mass is 9.86. The average Bonchev–Trinajstić information content (AvgIpc) is 2.77. The first-order valence-electron chi connectivity index (χ1n) is 11.8. The highest BCUT2D eigenvalue weighted by Gasteiger charge is 2.41. The summed E-state index contributed by atoms with van der Waals surface area (Å²) in [5, 5.41) is 16.4. The van der Waals surface area contributed by atoms with E-state index in [-0.39, 0.29) is 59.9 Å². The van der Waals surface area contributed by atoms with Gasteiger partial charge in [-0.25, -0.2) is 4.39 Å². The third kappa shape index (κ3) is 7.50. The topological polar surface area (TPSA) is 104 Å². The molecule has 1 heterocycles. The smallest absolute Gasteiger partial charge is 0.235 e. The first-order chi connectivity index (χ1) is 15.6. The Kier molecular flexibility index (Phi) is 10.3. The second-order valence-corrected chi connectivity index (χ2v) is 14.3. The maximum Gasteiger partial charge on any atom is 0.235 e. The van der Waals surface area contributed by atoms with Gasteiger partial charge in [-0.1, -0.05) is 12.8 Å². The third-order valence-corrected chi connectivity index (χ3v) is 10.0. The molecule has 8 nitrogen and oxygen atoms in total. The van der Waals surface area contributed by atoms with E-state index in [1.54, 1.807) is 7.11 Å². The Labute approximate surface area is 206 Å². The Morgan fingerprint density at radius 2 is 1.88 bits per heavy atom. The normalized spacial score (nSPS) is 40.4. The SMILES string of the molecule is COC1CC(F)C(NC(=O)CCl)CC1NC1NCC(Cl)C(NC2CCCCC2P(C)(C)=O)N1. The minimum Gasteiger partial charge on any atom is -0.380 e. The predicted molar refractivity (Wildman–Crippen MR) is 131 cm³/mol. The van der Waals surface area contributed by atoms with E-state index in [2.05, 4.69) is 26.6 Å². The molecular formula is C21H39Cl2FN5O3P. The molecule has 3 fully saturated rings. The molecule has 0 bridgehead atoms. The van der Waals surface area contributed by atoms with Crippen LogP contribution in [0.5, 0.6) is 0 Å². The molecule has 0 aromatic rings. The molecule has 1 amide bonds. The molecule has 1 saturated heterocycles. The minimum atomic E-state index is -2.23. The second-order valence-electron chi connectivity index (χ2n) is 9.90. The maximum atomic E-state index is 14.6. The fraction of sp³-hybridized carbons (Fsp3) is 0.952.